The zero-order chi connectivity index (χ0) is 17.1. The molecule has 2 fully saturated rings. The van der Waals surface area contributed by atoms with Crippen LogP contribution in [0.4, 0.5) is 0 Å². The third-order valence-corrected chi connectivity index (χ3v) is 5.07. The van der Waals surface area contributed by atoms with Gasteiger partial charge in [0.15, 0.2) is 0 Å². The maximum absolute atomic E-state index is 12.6. The highest BCUT2D eigenvalue weighted by molar-refractivity contribution is 5.76. The van der Waals surface area contributed by atoms with Crippen molar-refractivity contribution in [1.82, 2.24) is 14.7 Å². The van der Waals surface area contributed by atoms with Gasteiger partial charge in [-0.25, -0.2) is 0 Å². The first-order valence-electron chi connectivity index (χ1n) is 8.80. The number of carbonyl (C=O) groups is 1. The number of hydrogen-bond donors (Lipinski definition) is 0. The molecule has 2 aliphatic rings. The monoisotopic (exact) mass is 341 g/mol. The van der Waals surface area contributed by atoms with Gasteiger partial charge in [0.25, 0.3) is 0 Å². The first kappa shape index (κ1) is 16.3. The summed E-state index contributed by atoms with van der Waals surface area (Å²) < 4.78 is 13.9. The van der Waals surface area contributed by atoms with Crippen molar-refractivity contribution in [2.45, 2.75) is 37.7 Å². The van der Waals surface area contributed by atoms with E-state index in [-0.39, 0.29) is 24.2 Å². The standard InChI is InChI=1S/C19H23N3O3/c23-18(13-22-10-5-9-20-22)21-12-17(19(15-21)8-4-11-25-19)24-14-16-6-2-1-3-7-16/h1-3,5-7,9-10,17H,4,8,11-15H2/t17-,19-/m0/s1. The van der Waals surface area contributed by atoms with Crippen molar-refractivity contribution in [1.29, 1.82) is 0 Å². The lowest BCUT2D eigenvalue weighted by Gasteiger charge is -2.28. The van der Waals surface area contributed by atoms with E-state index in [1.807, 2.05) is 29.2 Å². The van der Waals surface area contributed by atoms with E-state index in [4.69, 9.17) is 9.47 Å². The highest BCUT2D eigenvalue weighted by Crippen LogP contribution is 2.37. The van der Waals surface area contributed by atoms with Gasteiger partial charge in [-0.1, -0.05) is 30.3 Å². The van der Waals surface area contributed by atoms with E-state index >= 15 is 0 Å². The molecule has 0 aliphatic carbocycles. The van der Waals surface area contributed by atoms with Crippen LogP contribution in [0.2, 0.25) is 0 Å². The van der Waals surface area contributed by atoms with Crippen LogP contribution in [-0.4, -0.2) is 52.0 Å². The summed E-state index contributed by atoms with van der Waals surface area (Å²) in [6.45, 7) is 2.72. The SMILES string of the molecule is O=C(Cn1cccn1)N1C[C@H](OCc2ccccc2)[C@]2(CCCO2)C1. The Morgan fingerprint density at radius 3 is 2.92 bits per heavy atom. The molecule has 25 heavy (non-hydrogen) atoms. The number of carbonyl (C=O) groups excluding carboxylic acids is 1. The molecule has 1 spiro atoms. The third-order valence-electron chi connectivity index (χ3n) is 5.07. The fourth-order valence-corrected chi connectivity index (χ4v) is 3.75. The van der Waals surface area contributed by atoms with Crippen molar-refractivity contribution in [2.24, 2.45) is 0 Å². The van der Waals surface area contributed by atoms with E-state index in [1.165, 1.54) is 0 Å². The van der Waals surface area contributed by atoms with Crippen molar-refractivity contribution in [3.05, 3.63) is 54.4 Å². The van der Waals surface area contributed by atoms with Gasteiger partial charge in [0.1, 0.15) is 18.2 Å². The minimum atomic E-state index is -0.353. The summed E-state index contributed by atoms with van der Waals surface area (Å²) in [5, 5.41) is 4.12. The molecular formula is C19H23N3O3. The second kappa shape index (κ2) is 6.98. The molecule has 0 unspecified atom stereocenters. The molecule has 3 heterocycles. The Labute approximate surface area is 147 Å². The molecule has 0 N–H and O–H groups in total. The molecule has 0 saturated carbocycles. The van der Waals surface area contributed by atoms with Crippen LogP contribution in [0, 0.1) is 0 Å². The van der Waals surface area contributed by atoms with Gasteiger partial charge in [-0.05, 0) is 24.5 Å². The molecule has 6 nitrogen and oxygen atoms in total. The highest BCUT2D eigenvalue weighted by Gasteiger charge is 2.51. The number of ether oxygens (including phenoxy) is 2. The molecule has 4 rings (SSSR count). The summed E-state index contributed by atoms with van der Waals surface area (Å²) in [4.78, 5) is 14.5. The van der Waals surface area contributed by atoms with Crippen molar-refractivity contribution >= 4 is 5.91 Å². The highest BCUT2D eigenvalue weighted by atomic mass is 16.6. The van der Waals surface area contributed by atoms with Gasteiger partial charge in [-0.2, -0.15) is 5.10 Å². The van der Waals surface area contributed by atoms with Crippen LogP contribution in [0.3, 0.4) is 0 Å². The maximum Gasteiger partial charge on any atom is 0.244 e. The molecule has 1 aromatic heterocycles. The molecule has 1 aromatic carbocycles. The predicted octanol–water partition coefficient (Wildman–Crippen LogP) is 1.86. The number of likely N-dealkylation sites (tertiary alicyclic amines) is 1. The van der Waals surface area contributed by atoms with Crippen LogP contribution >= 0.6 is 0 Å². The fourth-order valence-electron chi connectivity index (χ4n) is 3.75. The van der Waals surface area contributed by atoms with Gasteiger partial charge in [0, 0.05) is 25.5 Å². The molecule has 0 radical (unpaired) electrons. The summed E-state index contributed by atoms with van der Waals surface area (Å²) in [6, 6.07) is 11.9. The maximum atomic E-state index is 12.6. The van der Waals surface area contributed by atoms with Gasteiger partial charge < -0.3 is 14.4 Å². The summed E-state index contributed by atoms with van der Waals surface area (Å²) in [5.74, 6) is 0.0596. The summed E-state index contributed by atoms with van der Waals surface area (Å²) in [6.07, 6.45) is 5.37. The fraction of sp³-hybridized carbons (Fsp3) is 0.474. The van der Waals surface area contributed by atoms with Crippen molar-refractivity contribution in [2.75, 3.05) is 19.7 Å². The van der Waals surface area contributed by atoms with Crippen LogP contribution in [0.15, 0.2) is 48.8 Å². The summed E-state index contributed by atoms with van der Waals surface area (Å²) >= 11 is 0. The van der Waals surface area contributed by atoms with Crippen LogP contribution in [0.25, 0.3) is 0 Å². The van der Waals surface area contributed by atoms with Crippen LogP contribution in [0.5, 0.6) is 0 Å². The van der Waals surface area contributed by atoms with Gasteiger partial charge in [-0.3, -0.25) is 9.48 Å². The van der Waals surface area contributed by atoms with Crippen LogP contribution < -0.4 is 0 Å². The average Bonchev–Trinajstić information content (AvgIpc) is 3.37. The Bertz CT molecular complexity index is 696. The van der Waals surface area contributed by atoms with E-state index in [2.05, 4.69) is 17.2 Å². The second-order valence-electron chi connectivity index (χ2n) is 6.78. The lowest BCUT2D eigenvalue weighted by atomic mass is 9.96. The molecule has 0 bridgehead atoms. The zero-order valence-corrected chi connectivity index (χ0v) is 14.2. The largest absolute Gasteiger partial charge is 0.370 e. The first-order chi connectivity index (χ1) is 12.3. The molecule has 132 valence electrons. The predicted molar refractivity (Wildman–Crippen MR) is 91.7 cm³/mol. The van der Waals surface area contributed by atoms with Crippen LogP contribution in [-0.2, 0) is 27.4 Å². The van der Waals surface area contributed by atoms with E-state index in [9.17, 15) is 4.79 Å². The minimum absolute atomic E-state index is 0.0596. The third kappa shape index (κ3) is 3.45. The van der Waals surface area contributed by atoms with Crippen molar-refractivity contribution in [3.63, 3.8) is 0 Å². The normalized spacial score (nSPS) is 25.8. The minimum Gasteiger partial charge on any atom is -0.370 e. The summed E-state index contributed by atoms with van der Waals surface area (Å²) in [5.41, 5.74) is 0.783. The number of hydrogen-bond acceptors (Lipinski definition) is 4. The van der Waals surface area contributed by atoms with Gasteiger partial charge in [-0.15, -0.1) is 0 Å². The molecule has 6 heteroatoms. The molecule has 2 atom stereocenters. The van der Waals surface area contributed by atoms with E-state index in [0.717, 1.165) is 25.0 Å². The number of amides is 1. The average molecular weight is 341 g/mol. The second-order valence-corrected chi connectivity index (χ2v) is 6.78. The van der Waals surface area contributed by atoms with E-state index in [1.54, 1.807) is 17.1 Å². The first-order valence-corrected chi connectivity index (χ1v) is 8.80. The topological polar surface area (TPSA) is 56.6 Å². The number of nitrogens with zero attached hydrogens (tertiary/aromatic N) is 3. The Hall–Kier alpha value is -2.18. The molecule has 1 amide bonds. The quantitative estimate of drug-likeness (QED) is 0.833. The lowest BCUT2D eigenvalue weighted by molar-refractivity contribution is -0.132. The molecule has 2 aliphatic heterocycles. The molecular weight excluding hydrogens is 318 g/mol. The van der Waals surface area contributed by atoms with Gasteiger partial charge in [0.05, 0.1) is 13.2 Å². The molecule has 2 aromatic rings. The Morgan fingerprint density at radius 1 is 1.32 bits per heavy atom. The molecule has 2 saturated heterocycles. The van der Waals surface area contributed by atoms with E-state index < -0.39 is 0 Å². The van der Waals surface area contributed by atoms with Crippen molar-refractivity contribution in [3.8, 4) is 0 Å². The van der Waals surface area contributed by atoms with E-state index in [0.29, 0.717) is 19.7 Å². The lowest BCUT2D eigenvalue weighted by Crippen LogP contribution is -2.42. The van der Waals surface area contributed by atoms with Gasteiger partial charge in [0.2, 0.25) is 5.91 Å². The van der Waals surface area contributed by atoms with Crippen molar-refractivity contribution < 1.29 is 14.3 Å². The van der Waals surface area contributed by atoms with Gasteiger partial charge >= 0.3 is 0 Å². The zero-order valence-electron chi connectivity index (χ0n) is 14.2. The number of aromatic nitrogens is 2. The Kier molecular flexibility index (Phi) is 4.55. The number of rotatable bonds is 5. The summed E-state index contributed by atoms with van der Waals surface area (Å²) in [7, 11) is 0. The smallest absolute Gasteiger partial charge is 0.244 e. The Balaban J connectivity index is 1.43. The Morgan fingerprint density at radius 2 is 2.20 bits per heavy atom. The van der Waals surface area contributed by atoms with Crippen LogP contribution in [0.1, 0.15) is 18.4 Å². The number of benzene rings is 1.